The number of esters is 1. The first-order valence-electron chi connectivity index (χ1n) is 8.40. The zero-order valence-electron chi connectivity index (χ0n) is 13.6. The van der Waals surface area contributed by atoms with Gasteiger partial charge in [-0.05, 0) is 37.8 Å². The molecule has 25 heavy (non-hydrogen) atoms. The summed E-state index contributed by atoms with van der Waals surface area (Å²) in [6.45, 7) is -0.403. The molecule has 2 aliphatic carbocycles. The Kier molecular flexibility index (Phi) is 5.64. The molecule has 1 aromatic rings. The second-order valence-corrected chi connectivity index (χ2v) is 7.46. The fourth-order valence-corrected chi connectivity index (χ4v) is 4.21. The van der Waals surface area contributed by atoms with Crippen LogP contribution in [0.4, 0.5) is 5.69 Å². The number of carbonyl (C=O) groups is 3. The maximum atomic E-state index is 12.3. The number of hydrogen-bond donors (Lipinski definition) is 1. The molecule has 2 aliphatic rings. The third-order valence-electron chi connectivity index (χ3n) is 4.95. The Morgan fingerprint density at radius 2 is 1.72 bits per heavy atom. The molecule has 1 aromatic carbocycles. The van der Waals surface area contributed by atoms with Gasteiger partial charge in [0.25, 0.3) is 5.91 Å². The van der Waals surface area contributed by atoms with Gasteiger partial charge in [-0.1, -0.05) is 35.7 Å². The number of ketones is 1. The first kappa shape index (κ1) is 18.2. The van der Waals surface area contributed by atoms with E-state index < -0.39 is 18.5 Å². The van der Waals surface area contributed by atoms with Gasteiger partial charge in [-0.25, -0.2) is 0 Å². The number of benzene rings is 1. The van der Waals surface area contributed by atoms with Gasteiger partial charge in [0.1, 0.15) is 5.78 Å². The highest BCUT2D eigenvalue weighted by atomic mass is 35.5. The second kappa shape index (κ2) is 7.75. The molecular formula is C18H19Cl2NO4. The van der Waals surface area contributed by atoms with E-state index in [4.69, 9.17) is 27.9 Å². The number of hydrogen-bond acceptors (Lipinski definition) is 4. The Morgan fingerprint density at radius 3 is 2.32 bits per heavy atom. The van der Waals surface area contributed by atoms with Crippen molar-refractivity contribution in [2.24, 2.45) is 17.8 Å². The summed E-state index contributed by atoms with van der Waals surface area (Å²) in [5.41, 5.74) is 0.296. The molecule has 2 fully saturated rings. The van der Waals surface area contributed by atoms with Gasteiger partial charge in [0.15, 0.2) is 6.61 Å². The number of Topliss-reactive ketones (excluding diaryl/α,β-unsaturated/α-hetero) is 1. The van der Waals surface area contributed by atoms with Gasteiger partial charge in [0.05, 0.1) is 21.7 Å². The standard InChI is InChI=1S/C18H19Cl2NO4/c19-13-5-2-6-14(20)16(13)21-15(22)9-25-18(24)12-7-10-3-1-4-11(8-12)17(10)23/h2,5-6,10-12H,1,3-4,7-9H2,(H,21,22)/t10-,11+,12?. The minimum Gasteiger partial charge on any atom is -0.455 e. The van der Waals surface area contributed by atoms with Gasteiger partial charge in [0.2, 0.25) is 0 Å². The predicted octanol–water partition coefficient (Wildman–Crippen LogP) is 3.87. The number of para-hydroxylation sites is 1. The molecule has 3 rings (SSSR count). The topological polar surface area (TPSA) is 72.5 Å². The Labute approximate surface area is 156 Å². The molecule has 0 aliphatic heterocycles. The molecule has 0 heterocycles. The number of fused-ring (bicyclic) bond motifs is 2. The lowest BCUT2D eigenvalue weighted by Crippen LogP contribution is -2.40. The van der Waals surface area contributed by atoms with E-state index in [1.54, 1.807) is 18.2 Å². The smallest absolute Gasteiger partial charge is 0.309 e. The lowest BCUT2D eigenvalue weighted by molar-refractivity contribution is -0.155. The van der Waals surface area contributed by atoms with Gasteiger partial charge < -0.3 is 10.1 Å². The largest absolute Gasteiger partial charge is 0.455 e. The van der Waals surface area contributed by atoms with Crippen molar-refractivity contribution in [2.45, 2.75) is 32.1 Å². The molecular weight excluding hydrogens is 365 g/mol. The van der Waals surface area contributed by atoms with E-state index in [0.717, 1.165) is 19.3 Å². The zero-order valence-corrected chi connectivity index (χ0v) is 15.1. The molecule has 2 bridgehead atoms. The van der Waals surface area contributed by atoms with Crippen LogP contribution in [0.2, 0.25) is 10.0 Å². The molecule has 7 heteroatoms. The number of carbonyl (C=O) groups excluding carboxylic acids is 3. The van der Waals surface area contributed by atoms with Gasteiger partial charge >= 0.3 is 5.97 Å². The second-order valence-electron chi connectivity index (χ2n) is 6.65. The number of ether oxygens (including phenoxy) is 1. The molecule has 5 nitrogen and oxygen atoms in total. The third kappa shape index (κ3) is 4.15. The summed E-state index contributed by atoms with van der Waals surface area (Å²) in [7, 11) is 0. The molecule has 2 saturated carbocycles. The normalized spacial score (nSPS) is 25.4. The number of halogens is 2. The van der Waals surface area contributed by atoms with E-state index in [1.165, 1.54) is 0 Å². The quantitative estimate of drug-likeness (QED) is 0.800. The lowest BCUT2D eigenvalue weighted by Gasteiger charge is -2.36. The lowest BCUT2D eigenvalue weighted by atomic mass is 9.67. The number of anilines is 1. The summed E-state index contributed by atoms with van der Waals surface area (Å²) in [5, 5.41) is 3.17. The van der Waals surface area contributed by atoms with Crippen molar-refractivity contribution >= 4 is 46.5 Å². The van der Waals surface area contributed by atoms with Crippen LogP contribution in [0.1, 0.15) is 32.1 Å². The average molecular weight is 384 g/mol. The zero-order chi connectivity index (χ0) is 18.0. The minimum absolute atomic E-state index is 0.0270. The molecule has 1 N–H and O–H groups in total. The summed E-state index contributed by atoms with van der Waals surface area (Å²) in [4.78, 5) is 36.3. The molecule has 134 valence electrons. The summed E-state index contributed by atoms with van der Waals surface area (Å²) in [6, 6.07) is 4.88. The monoisotopic (exact) mass is 383 g/mol. The number of nitrogens with one attached hydrogen (secondary N) is 1. The summed E-state index contributed by atoms with van der Waals surface area (Å²) < 4.78 is 5.15. The number of amides is 1. The first-order valence-corrected chi connectivity index (χ1v) is 9.15. The van der Waals surface area contributed by atoms with Crippen molar-refractivity contribution in [3.8, 4) is 0 Å². The van der Waals surface area contributed by atoms with Crippen LogP contribution in [0.25, 0.3) is 0 Å². The van der Waals surface area contributed by atoms with Crippen LogP contribution in [0.3, 0.4) is 0 Å². The van der Waals surface area contributed by atoms with E-state index in [9.17, 15) is 14.4 Å². The van der Waals surface area contributed by atoms with Crippen molar-refractivity contribution in [1.82, 2.24) is 0 Å². The van der Waals surface area contributed by atoms with Crippen LogP contribution >= 0.6 is 23.2 Å². The van der Waals surface area contributed by atoms with Crippen LogP contribution in [0.15, 0.2) is 18.2 Å². The Bertz CT molecular complexity index is 670. The van der Waals surface area contributed by atoms with Crippen LogP contribution in [0, 0.1) is 17.8 Å². The highest BCUT2D eigenvalue weighted by Gasteiger charge is 2.41. The minimum atomic E-state index is -0.504. The maximum Gasteiger partial charge on any atom is 0.309 e. The SMILES string of the molecule is O=C(COC(=O)C1C[C@H]2CCC[C@@H](C1)C2=O)Nc1c(Cl)cccc1Cl. The van der Waals surface area contributed by atoms with Crippen LogP contribution in [-0.4, -0.2) is 24.3 Å². The van der Waals surface area contributed by atoms with Crippen molar-refractivity contribution in [3.05, 3.63) is 28.2 Å². The summed E-state index contributed by atoms with van der Waals surface area (Å²) in [5.74, 6) is -0.979. The van der Waals surface area contributed by atoms with E-state index in [-0.39, 0.29) is 17.8 Å². The first-order chi connectivity index (χ1) is 12.0. The molecule has 1 amide bonds. The van der Waals surface area contributed by atoms with E-state index in [0.29, 0.717) is 34.4 Å². The fourth-order valence-electron chi connectivity index (χ4n) is 3.72. The van der Waals surface area contributed by atoms with Gasteiger partial charge in [-0.3, -0.25) is 14.4 Å². The van der Waals surface area contributed by atoms with Crippen LogP contribution in [0.5, 0.6) is 0 Å². The summed E-state index contributed by atoms with van der Waals surface area (Å²) in [6.07, 6.45) is 3.82. The molecule has 0 radical (unpaired) electrons. The van der Waals surface area contributed by atoms with E-state index in [2.05, 4.69) is 5.32 Å². The Balaban J connectivity index is 1.52. The molecule has 0 spiro atoms. The van der Waals surface area contributed by atoms with Gasteiger partial charge in [0, 0.05) is 11.8 Å². The highest BCUT2D eigenvalue weighted by molar-refractivity contribution is 6.39. The predicted molar refractivity (Wildman–Crippen MR) is 94.6 cm³/mol. The molecule has 0 saturated heterocycles. The number of rotatable bonds is 4. The molecule has 3 atom stereocenters. The van der Waals surface area contributed by atoms with Crippen LogP contribution < -0.4 is 5.32 Å². The van der Waals surface area contributed by atoms with E-state index in [1.807, 2.05) is 0 Å². The van der Waals surface area contributed by atoms with Crippen molar-refractivity contribution in [3.63, 3.8) is 0 Å². The fraction of sp³-hybridized carbons (Fsp3) is 0.500. The highest BCUT2D eigenvalue weighted by Crippen LogP contribution is 2.40. The Morgan fingerprint density at radius 1 is 1.12 bits per heavy atom. The molecule has 0 aromatic heterocycles. The Hall–Kier alpha value is -1.59. The van der Waals surface area contributed by atoms with Crippen molar-refractivity contribution < 1.29 is 19.1 Å². The average Bonchev–Trinajstić information content (AvgIpc) is 2.56. The van der Waals surface area contributed by atoms with Gasteiger partial charge in [-0.15, -0.1) is 0 Å². The molecule has 1 unspecified atom stereocenters. The van der Waals surface area contributed by atoms with Crippen molar-refractivity contribution in [1.29, 1.82) is 0 Å². The van der Waals surface area contributed by atoms with E-state index >= 15 is 0 Å². The third-order valence-corrected chi connectivity index (χ3v) is 5.58. The van der Waals surface area contributed by atoms with Gasteiger partial charge in [-0.2, -0.15) is 0 Å². The summed E-state index contributed by atoms with van der Waals surface area (Å²) >= 11 is 12.0. The van der Waals surface area contributed by atoms with Crippen LogP contribution in [-0.2, 0) is 19.1 Å². The van der Waals surface area contributed by atoms with Crippen molar-refractivity contribution in [2.75, 3.05) is 11.9 Å². The maximum absolute atomic E-state index is 12.3.